The second kappa shape index (κ2) is 11.6. The van der Waals surface area contributed by atoms with Gasteiger partial charge < -0.3 is 0 Å². The molecule has 0 aliphatic carbocycles. The molecular weight excluding hydrogens is 351 g/mol. The summed E-state index contributed by atoms with van der Waals surface area (Å²) in [5.74, 6) is 0. The van der Waals surface area contributed by atoms with Gasteiger partial charge in [-0.15, -0.1) is 0 Å². The first-order valence-corrected chi connectivity index (χ1v) is 13.3. The normalized spacial score (nSPS) is 12.5. The third-order valence-corrected chi connectivity index (χ3v) is 11.0. The summed E-state index contributed by atoms with van der Waals surface area (Å²) < 4.78 is 0. The summed E-state index contributed by atoms with van der Waals surface area (Å²) in [6.07, 6.45) is 14.4. The van der Waals surface area contributed by atoms with Crippen LogP contribution in [0.3, 0.4) is 0 Å². The van der Waals surface area contributed by atoms with Gasteiger partial charge in [-0.1, -0.05) is 0 Å². The molecule has 0 aromatic heterocycles. The molecule has 1 aromatic rings. The van der Waals surface area contributed by atoms with Crippen molar-refractivity contribution in [1.82, 2.24) is 0 Å². The topological polar surface area (TPSA) is 0 Å². The molecule has 0 amide bonds. The van der Waals surface area contributed by atoms with Gasteiger partial charge in [-0.05, 0) is 0 Å². The van der Waals surface area contributed by atoms with Crippen molar-refractivity contribution in [2.45, 2.75) is 70.8 Å². The molecule has 22 heavy (non-hydrogen) atoms. The summed E-state index contributed by atoms with van der Waals surface area (Å²) in [6.45, 7) is 7.05. The quantitative estimate of drug-likeness (QED) is 0.262. The van der Waals surface area contributed by atoms with Gasteiger partial charge in [0.15, 0.2) is 0 Å². The van der Waals surface area contributed by atoms with Crippen molar-refractivity contribution < 1.29 is 0 Å². The monoisotopic (exact) mass is 386 g/mol. The van der Waals surface area contributed by atoms with E-state index < -0.39 is 7.26 Å². The van der Waals surface area contributed by atoms with Gasteiger partial charge in [0, 0.05) is 0 Å². The van der Waals surface area contributed by atoms with Crippen molar-refractivity contribution in [3.63, 3.8) is 0 Å². The molecule has 0 unspecified atom stereocenters. The zero-order chi connectivity index (χ0) is 16.3. The summed E-state index contributed by atoms with van der Waals surface area (Å²) in [4.78, 5) is 0. The molecule has 0 aliphatic rings. The van der Waals surface area contributed by atoms with Crippen molar-refractivity contribution in [1.29, 1.82) is 0 Å². The van der Waals surface area contributed by atoms with Crippen LogP contribution in [0.4, 0.5) is 0 Å². The van der Waals surface area contributed by atoms with Gasteiger partial charge in [0.1, 0.15) is 0 Å². The van der Waals surface area contributed by atoms with Crippen molar-refractivity contribution in [3.8, 4) is 0 Å². The van der Waals surface area contributed by atoms with Gasteiger partial charge in [-0.2, -0.15) is 0 Å². The first kappa shape index (κ1) is 20.2. The van der Waals surface area contributed by atoms with Crippen LogP contribution in [0.5, 0.6) is 0 Å². The molecule has 0 saturated heterocycles. The van der Waals surface area contributed by atoms with Crippen molar-refractivity contribution in [2.75, 3.05) is 18.5 Å². The van der Waals surface area contributed by atoms with E-state index in [1.54, 1.807) is 24.0 Å². The third-order valence-electron chi connectivity index (χ3n) is 4.94. The average molecular weight is 387 g/mol. The molecule has 0 bridgehead atoms. The first-order chi connectivity index (χ1) is 10.7. The minimum absolute atomic E-state index is 0.970. The Balaban J connectivity index is 2.87. The Morgan fingerprint density at radius 2 is 1.14 bits per heavy atom. The fraction of sp³-hybridized carbons (Fsp3) is 0.700. The molecule has 0 atom stereocenters. The van der Waals surface area contributed by atoms with Crippen LogP contribution in [-0.4, -0.2) is 18.5 Å². The maximum absolute atomic E-state index is 3.55. The van der Waals surface area contributed by atoms with Crippen molar-refractivity contribution >= 4 is 23.2 Å². The number of hydrogen-bond acceptors (Lipinski definition) is 0. The van der Waals surface area contributed by atoms with E-state index in [2.05, 4.69) is 61.0 Å². The van der Waals surface area contributed by atoms with Crippen LogP contribution in [0.15, 0.2) is 24.3 Å². The summed E-state index contributed by atoms with van der Waals surface area (Å²) in [5, 5.41) is 0.970. The Morgan fingerprint density at radius 3 is 1.50 bits per heavy atom. The minimum atomic E-state index is -1.14. The standard InChI is InChI=1S/C20H36BrP/c1-4-7-14-22(15-8-5-2,16-9-6-3)18-20-12-10-19(17-21)11-13-20/h10-13,22H,4-9,14-18H2,1-3H3. The summed E-state index contributed by atoms with van der Waals surface area (Å²) in [7, 11) is -1.14. The molecule has 0 heterocycles. The predicted octanol–water partition coefficient (Wildman–Crippen LogP) is 7.23. The van der Waals surface area contributed by atoms with Crippen LogP contribution < -0.4 is 0 Å². The molecule has 0 fully saturated rings. The Kier molecular flexibility index (Phi) is 10.7. The van der Waals surface area contributed by atoms with Crippen molar-refractivity contribution in [3.05, 3.63) is 35.4 Å². The number of hydrogen-bond donors (Lipinski definition) is 0. The van der Waals surface area contributed by atoms with Gasteiger partial charge in [-0.3, -0.25) is 0 Å². The fourth-order valence-corrected chi connectivity index (χ4v) is 9.54. The molecule has 1 rings (SSSR count). The van der Waals surface area contributed by atoms with Crippen LogP contribution in [0.1, 0.15) is 70.4 Å². The van der Waals surface area contributed by atoms with Crippen molar-refractivity contribution in [2.24, 2.45) is 0 Å². The van der Waals surface area contributed by atoms with Gasteiger partial charge in [0.25, 0.3) is 0 Å². The molecule has 0 spiro atoms. The number of halogens is 1. The Labute approximate surface area is 147 Å². The zero-order valence-electron chi connectivity index (χ0n) is 15.0. The van der Waals surface area contributed by atoms with E-state index in [1.165, 1.54) is 50.3 Å². The molecule has 0 nitrogen and oxygen atoms in total. The van der Waals surface area contributed by atoms with E-state index in [9.17, 15) is 0 Å². The molecule has 0 radical (unpaired) electrons. The van der Waals surface area contributed by atoms with Crippen LogP contribution in [0, 0.1) is 0 Å². The van der Waals surface area contributed by atoms with E-state index >= 15 is 0 Å². The maximum atomic E-state index is 3.55. The second-order valence-electron chi connectivity index (χ2n) is 6.94. The summed E-state index contributed by atoms with van der Waals surface area (Å²) in [5.41, 5.74) is 2.99. The van der Waals surface area contributed by atoms with E-state index in [0.717, 1.165) is 5.33 Å². The van der Waals surface area contributed by atoms with Gasteiger partial charge in [-0.25, -0.2) is 0 Å². The Hall–Kier alpha value is 0.130. The zero-order valence-corrected chi connectivity index (χ0v) is 17.6. The Bertz CT molecular complexity index is 363. The predicted molar refractivity (Wildman–Crippen MR) is 110 cm³/mol. The SMILES string of the molecule is CCCC[PH](CCCC)(CCCC)Cc1ccc(CBr)cc1. The molecular formula is C20H36BrP. The van der Waals surface area contributed by atoms with Crippen LogP contribution in [0.25, 0.3) is 0 Å². The average Bonchev–Trinajstić information content (AvgIpc) is 2.56. The molecule has 1 aromatic carbocycles. The number of rotatable bonds is 12. The molecule has 128 valence electrons. The van der Waals surface area contributed by atoms with Gasteiger partial charge in [0.2, 0.25) is 0 Å². The number of alkyl halides is 1. The van der Waals surface area contributed by atoms with E-state index in [-0.39, 0.29) is 0 Å². The summed E-state index contributed by atoms with van der Waals surface area (Å²) >= 11 is 3.55. The molecule has 2 heteroatoms. The van der Waals surface area contributed by atoms with E-state index in [0.29, 0.717) is 0 Å². The van der Waals surface area contributed by atoms with Crippen LogP contribution in [0.2, 0.25) is 0 Å². The molecule has 0 N–H and O–H groups in total. The van der Waals surface area contributed by atoms with E-state index in [1.807, 2.05) is 0 Å². The molecule has 0 saturated carbocycles. The molecule has 0 aliphatic heterocycles. The fourth-order valence-electron chi connectivity index (χ4n) is 3.47. The first-order valence-electron chi connectivity index (χ1n) is 9.33. The van der Waals surface area contributed by atoms with Crippen LogP contribution in [-0.2, 0) is 11.5 Å². The number of benzene rings is 1. The second-order valence-corrected chi connectivity index (χ2v) is 12.4. The number of unbranched alkanes of at least 4 members (excludes halogenated alkanes) is 3. The summed E-state index contributed by atoms with van der Waals surface area (Å²) in [6, 6.07) is 9.40. The van der Waals surface area contributed by atoms with Gasteiger partial charge in [0.05, 0.1) is 0 Å². The Morgan fingerprint density at radius 1 is 0.727 bits per heavy atom. The van der Waals surface area contributed by atoms with Gasteiger partial charge >= 0.3 is 148 Å². The van der Waals surface area contributed by atoms with Crippen LogP contribution >= 0.6 is 23.2 Å². The van der Waals surface area contributed by atoms with E-state index in [4.69, 9.17) is 0 Å². The third kappa shape index (κ3) is 7.14.